The molecule has 3 rings (SSSR count). The first kappa shape index (κ1) is 16.6. The number of carbonyl (C=O) groups is 1. The molecule has 1 aromatic carbocycles. The van der Waals surface area contributed by atoms with Crippen LogP contribution in [-0.4, -0.2) is 42.1 Å². The van der Waals surface area contributed by atoms with E-state index in [1.807, 2.05) is 23.1 Å². The maximum atomic E-state index is 12.6. The van der Waals surface area contributed by atoms with E-state index in [4.69, 9.17) is 21.1 Å². The number of pyridine rings is 1. The van der Waals surface area contributed by atoms with Crippen molar-refractivity contribution < 1.29 is 14.3 Å². The van der Waals surface area contributed by atoms with Crippen molar-refractivity contribution >= 4 is 17.5 Å². The normalized spacial score (nSPS) is 15.2. The van der Waals surface area contributed by atoms with Crippen LogP contribution in [0.5, 0.6) is 11.6 Å². The number of piperidine rings is 1. The van der Waals surface area contributed by atoms with Crippen molar-refractivity contribution in [1.29, 1.82) is 0 Å². The van der Waals surface area contributed by atoms with E-state index in [-0.39, 0.29) is 12.0 Å². The molecular formula is C18H19ClN2O3. The summed E-state index contributed by atoms with van der Waals surface area (Å²) in [5, 5.41) is 0.584. The van der Waals surface area contributed by atoms with E-state index in [0.717, 1.165) is 12.8 Å². The molecule has 6 heteroatoms. The molecule has 1 amide bonds. The van der Waals surface area contributed by atoms with Crippen LogP contribution in [0.4, 0.5) is 0 Å². The highest BCUT2D eigenvalue weighted by molar-refractivity contribution is 6.30. The topological polar surface area (TPSA) is 51.7 Å². The molecule has 0 bridgehead atoms. The Morgan fingerprint density at radius 2 is 2.04 bits per heavy atom. The van der Waals surface area contributed by atoms with Gasteiger partial charge in [0.25, 0.3) is 5.91 Å². The average Bonchev–Trinajstić information content (AvgIpc) is 2.64. The van der Waals surface area contributed by atoms with Gasteiger partial charge in [-0.25, -0.2) is 4.98 Å². The Kier molecular flexibility index (Phi) is 5.20. The van der Waals surface area contributed by atoms with Gasteiger partial charge >= 0.3 is 0 Å². The summed E-state index contributed by atoms with van der Waals surface area (Å²) in [6.07, 6.45) is 3.19. The predicted octanol–water partition coefficient (Wildman–Crippen LogP) is 3.43. The second-order valence-electron chi connectivity index (χ2n) is 5.66. The molecule has 1 aliphatic rings. The summed E-state index contributed by atoms with van der Waals surface area (Å²) in [6, 6.07) is 10.7. The standard InChI is InChI=1S/C18H19ClN2O3/c1-23-16-4-2-3-13(11-16)18(22)21-9-7-15(8-10-21)24-17-6-5-14(19)12-20-17/h2-6,11-12,15H,7-10H2,1H3. The van der Waals surface area contributed by atoms with Crippen LogP contribution in [0.25, 0.3) is 0 Å². The minimum Gasteiger partial charge on any atom is -0.497 e. The third-order valence-electron chi connectivity index (χ3n) is 4.03. The van der Waals surface area contributed by atoms with Gasteiger partial charge in [0.05, 0.1) is 12.1 Å². The zero-order chi connectivity index (χ0) is 16.9. The number of hydrogen-bond donors (Lipinski definition) is 0. The van der Waals surface area contributed by atoms with E-state index in [1.54, 1.807) is 31.5 Å². The van der Waals surface area contributed by atoms with Gasteiger partial charge in [0, 0.05) is 43.8 Å². The number of carbonyl (C=O) groups excluding carboxylic acids is 1. The quantitative estimate of drug-likeness (QED) is 0.851. The Hall–Kier alpha value is -2.27. The second-order valence-corrected chi connectivity index (χ2v) is 6.09. The van der Waals surface area contributed by atoms with Crippen molar-refractivity contribution in [3.63, 3.8) is 0 Å². The summed E-state index contributed by atoms with van der Waals surface area (Å²) in [7, 11) is 1.59. The molecule has 1 saturated heterocycles. The third kappa shape index (κ3) is 3.97. The molecule has 1 aliphatic heterocycles. The number of likely N-dealkylation sites (tertiary alicyclic amines) is 1. The van der Waals surface area contributed by atoms with Gasteiger partial charge in [0.1, 0.15) is 11.9 Å². The fraction of sp³-hybridized carbons (Fsp3) is 0.333. The second kappa shape index (κ2) is 7.53. The lowest BCUT2D eigenvalue weighted by Crippen LogP contribution is -2.41. The number of halogens is 1. The molecule has 126 valence electrons. The van der Waals surface area contributed by atoms with Crippen molar-refractivity contribution in [2.45, 2.75) is 18.9 Å². The van der Waals surface area contributed by atoms with Crippen molar-refractivity contribution in [3.05, 3.63) is 53.2 Å². The molecule has 0 N–H and O–H groups in total. The van der Waals surface area contributed by atoms with Crippen LogP contribution in [0.3, 0.4) is 0 Å². The average molecular weight is 347 g/mol. The molecule has 1 fully saturated rings. The summed E-state index contributed by atoms with van der Waals surface area (Å²) >= 11 is 5.82. The third-order valence-corrected chi connectivity index (χ3v) is 4.26. The Bertz CT molecular complexity index is 698. The van der Waals surface area contributed by atoms with Crippen LogP contribution in [0, 0.1) is 0 Å². The Labute approximate surface area is 146 Å². The highest BCUT2D eigenvalue weighted by atomic mass is 35.5. The van der Waals surface area contributed by atoms with E-state index < -0.39 is 0 Å². The molecule has 24 heavy (non-hydrogen) atoms. The number of aromatic nitrogens is 1. The zero-order valence-corrected chi connectivity index (χ0v) is 14.2. The van der Waals surface area contributed by atoms with Crippen LogP contribution in [0.2, 0.25) is 5.02 Å². The molecule has 1 aromatic heterocycles. The fourth-order valence-corrected chi connectivity index (χ4v) is 2.83. The number of rotatable bonds is 4. The Morgan fingerprint density at radius 3 is 2.71 bits per heavy atom. The number of benzene rings is 1. The smallest absolute Gasteiger partial charge is 0.253 e. The lowest BCUT2D eigenvalue weighted by atomic mass is 10.1. The number of nitrogens with zero attached hydrogens (tertiary/aromatic N) is 2. The maximum Gasteiger partial charge on any atom is 0.253 e. The van der Waals surface area contributed by atoms with Crippen LogP contribution in [0.1, 0.15) is 23.2 Å². The van der Waals surface area contributed by atoms with E-state index in [2.05, 4.69) is 4.98 Å². The maximum absolute atomic E-state index is 12.6. The number of methoxy groups -OCH3 is 1. The molecule has 2 aromatic rings. The first-order chi connectivity index (χ1) is 11.7. The van der Waals surface area contributed by atoms with Crippen molar-refractivity contribution in [2.24, 2.45) is 0 Å². The van der Waals surface area contributed by atoms with Crippen molar-refractivity contribution in [1.82, 2.24) is 9.88 Å². The molecule has 0 unspecified atom stereocenters. The molecule has 0 saturated carbocycles. The van der Waals surface area contributed by atoms with Gasteiger partial charge in [-0.05, 0) is 24.3 Å². The van der Waals surface area contributed by atoms with E-state index in [9.17, 15) is 4.79 Å². The summed E-state index contributed by atoms with van der Waals surface area (Å²) < 4.78 is 11.0. The Balaban J connectivity index is 1.56. The van der Waals surface area contributed by atoms with Crippen molar-refractivity contribution in [3.8, 4) is 11.6 Å². The zero-order valence-electron chi connectivity index (χ0n) is 13.4. The number of amides is 1. The largest absolute Gasteiger partial charge is 0.497 e. The highest BCUT2D eigenvalue weighted by Crippen LogP contribution is 2.21. The summed E-state index contributed by atoms with van der Waals surface area (Å²) in [4.78, 5) is 18.6. The molecular weight excluding hydrogens is 328 g/mol. The van der Waals surface area contributed by atoms with Crippen LogP contribution >= 0.6 is 11.6 Å². The van der Waals surface area contributed by atoms with Crippen LogP contribution in [0.15, 0.2) is 42.6 Å². The lowest BCUT2D eigenvalue weighted by Gasteiger charge is -2.32. The van der Waals surface area contributed by atoms with Gasteiger partial charge < -0.3 is 14.4 Å². The first-order valence-electron chi connectivity index (χ1n) is 7.87. The van der Waals surface area contributed by atoms with Gasteiger partial charge in [0.2, 0.25) is 5.88 Å². The first-order valence-corrected chi connectivity index (χ1v) is 8.25. The molecule has 2 heterocycles. The fourth-order valence-electron chi connectivity index (χ4n) is 2.72. The molecule has 0 atom stereocenters. The van der Waals surface area contributed by atoms with Gasteiger partial charge in [-0.3, -0.25) is 4.79 Å². The SMILES string of the molecule is COc1cccc(C(=O)N2CCC(Oc3ccc(Cl)cn3)CC2)c1. The summed E-state index contributed by atoms with van der Waals surface area (Å²) in [5.74, 6) is 1.28. The molecule has 5 nitrogen and oxygen atoms in total. The minimum atomic E-state index is 0.0250. The van der Waals surface area contributed by atoms with E-state index >= 15 is 0 Å². The number of ether oxygens (including phenoxy) is 2. The molecule has 0 aliphatic carbocycles. The Morgan fingerprint density at radius 1 is 1.25 bits per heavy atom. The summed E-state index contributed by atoms with van der Waals surface area (Å²) in [6.45, 7) is 1.32. The monoisotopic (exact) mass is 346 g/mol. The highest BCUT2D eigenvalue weighted by Gasteiger charge is 2.25. The van der Waals surface area contributed by atoms with Crippen molar-refractivity contribution in [2.75, 3.05) is 20.2 Å². The molecule has 0 radical (unpaired) electrons. The van der Waals surface area contributed by atoms with E-state index in [1.165, 1.54) is 0 Å². The minimum absolute atomic E-state index is 0.0250. The number of hydrogen-bond acceptors (Lipinski definition) is 4. The van der Waals surface area contributed by atoms with Gasteiger partial charge in [-0.15, -0.1) is 0 Å². The predicted molar refractivity (Wildman–Crippen MR) is 91.8 cm³/mol. The van der Waals surface area contributed by atoms with Crippen LogP contribution in [-0.2, 0) is 0 Å². The van der Waals surface area contributed by atoms with E-state index in [0.29, 0.717) is 35.3 Å². The van der Waals surface area contributed by atoms with Crippen LogP contribution < -0.4 is 9.47 Å². The lowest BCUT2D eigenvalue weighted by molar-refractivity contribution is 0.0587. The van der Waals surface area contributed by atoms with Gasteiger partial charge in [-0.2, -0.15) is 0 Å². The molecule has 0 spiro atoms. The van der Waals surface area contributed by atoms with Gasteiger partial charge in [0.15, 0.2) is 0 Å². The summed E-state index contributed by atoms with van der Waals surface area (Å²) in [5.41, 5.74) is 0.646. The van der Waals surface area contributed by atoms with Gasteiger partial charge in [-0.1, -0.05) is 17.7 Å².